The van der Waals surface area contributed by atoms with E-state index < -0.39 is 5.60 Å². The average molecular weight is 326 g/mol. The lowest BCUT2D eigenvalue weighted by Gasteiger charge is -2.33. The summed E-state index contributed by atoms with van der Waals surface area (Å²) >= 11 is 0. The number of benzene rings is 1. The minimum absolute atomic E-state index is 0.303. The Morgan fingerprint density at radius 3 is 2.88 bits per heavy atom. The summed E-state index contributed by atoms with van der Waals surface area (Å²) in [5.74, 6) is 1.39. The smallest absolute Gasteiger partial charge is 0.224 e. The maximum Gasteiger partial charge on any atom is 0.224 e. The van der Waals surface area contributed by atoms with E-state index in [0.29, 0.717) is 12.0 Å². The van der Waals surface area contributed by atoms with E-state index in [1.165, 1.54) is 0 Å². The normalized spacial score (nSPS) is 25.9. The van der Waals surface area contributed by atoms with Gasteiger partial charge in [-0.05, 0) is 44.7 Å². The fourth-order valence-corrected chi connectivity index (χ4v) is 3.24. The first-order chi connectivity index (χ1) is 11.6. The second kappa shape index (κ2) is 5.92. The lowest BCUT2D eigenvalue weighted by Crippen LogP contribution is -2.36. The molecule has 126 valence electrons. The molecule has 7 nitrogen and oxygen atoms in total. The van der Waals surface area contributed by atoms with Crippen LogP contribution in [0.1, 0.15) is 32.6 Å². The van der Waals surface area contributed by atoms with E-state index >= 15 is 0 Å². The summed E-state index contributed by atoms with van der Waals surface area (Å²) in [5, 5.41) is 15.4. The van der Waals surface area contributed by atoms with Crippen LogP contribution in [-0.2, 0) is 0 Å². The van der Waals surface area contributed by atoms with Crippen molar-refractivity contribution < 1.29 is 5.11 Å². The van der Waals surface area contributed by atoms with Crippen LogP contribution in [-0.4, -0.2) is 26.7 Å². The Kier molecular flexibility index (Phi) is 3.74. The van der Waals surface area contributed by atoms with Crippen molar-refractivity contribution in [3.8, 4) is 0 Å². The number of fused-ring (bicyclic) bond motifs is 1. The number of aromatic nitrogens is 2. The fraction of sp³-hybridized carbons (Fsp3) is 0.412. The zero-order valence-corrected chi connectivity index (χ0v) is 13.7. The van der Waals surface area contributed by atoms with Gasteiger partial charge < -0.3 is 15.8 Å². The van der Waals surface area contributed by atoms with Gasteiger partial charge in [-0.3, -0.25) is 0 Å². The van der Waals surface area contributed by atoms with Gasteiger partial charge in [0.15, 0.2) is 5.82 Å². The maximum atomic E-state index is 10.1. The molecule has 1 aromatic heterocycles. The van der Waals surface area contributed by atoms with Gasteiger partial charge in [0, 0.05) is 18.3 Å². The van der Waals surface area contributed by atoms with Gasteiger partial charge in [0.1, 0.15) is 0 Å². The van der Waals surface area contributed by atoms with E-state index in [2.05, 4.69) is 26.2 Å². The molecular weight excluding hydrogens is 304 g/mol. The third-order valence-corrected chi connectivity index (χ3v) is 4.71. The third-order valence-electron chi connectivity index (χ3n) is 4.71. The number of para-hydroxylation sites is 2. The molecule has 1 aliphatic carbocycles. The Morgan fingerprint density at radius 1 is 1.25 bits per heavy atom. The van der Waals surface area contributed by atoms with Crippen molar-refractivity contribution in [3.63, 3.8) is 0 Å². The van der Waals surface area contributed by atoms with Crippen LogP contribution in [0.2, 0.25) is 0 Å². The summed E-state index contributed by atoms with van der Waals surface area (Å²) in [5.41, 5.74) is 7.74. The van der Waals surface area contributed by atoms with Gasteiger partial charge in [-0.15, -0.1) is 5.53 Å². The van der Waals surface area contributed by atoms with Crippen molar-refractivity contribution in [1.82, 2.24) is 15.5 Å². The Morgan fingerprint density at radius 2 is 2.04 bits per heavy atom. The van der Waals surface area contributed by atoms with Crippen LogP contribution in [0.25, 0.3) is 0 Å². The highest BCUT2D eigenvalue weighted by Gasteiger charge is 2.29. The van der Waals surface area contributed by atoms with E-state index in [0.717, 1.165) is 42.9 Å². The highest BCUT2D eigenvalue weighted by molar-refractivity contribution is 5.78. The van der Waals surface area contributed by atoms with Crippen molar-refractivity contribution in [1.29, 1.82) is 0 Å². The molecule has 1 saturated carbocycles. The molecular formula is C17H22N6O. The number of hydrazine groups is 2. The number of nitrogens with zero attached hydrogens (tertiary/aromatic N) is 3. The summed E-state index contributed by atoms with van der Waals surface area (Å²) in [7, 11) is 0. The van der Waals surface area contributed by atoms with Gasteiger partial charge >= 0.3 is 0 Å². The van der Waals surface area contributed by atoms with Gasteiger partial charge in [0.05, 0.1) is 17.0 Å². The monoisotopic (exact) mass is 326 g/mol. The van der Waals surface area contributed by atoms with Crippen molar-refractivity contribution in [2.45, 2.75) is 44.2 Å². The van der Waals surface area contributed by atoms with Crippen LogP contribution in [0.5, 0.6) is 0 Å². The minimum Gasteiger partial charge on any atom is -0.390 e. The third kappa shape index (κ3) is 3.00. The molecule has 0 atom stereocenters. The predicted molar refractivity (Wildman–Crippen MR) is 93.9 cm³/mol. The minimum atomic E-state index is -0.532. The van der Waals surface area contributed by atoms with E-state index in [-0.39, 0.29) is 0 Å². The second-order valence-electron chi connectivity index (χ2n) is 6.74. The fourth-order valence-electron chi connectivity index (χ4n) is 3.24. The van der Waals surface area contributed by atoms with Crippen LogP contribution in [0.15, 0.2) is 36.5 Å². The van der Waals surface area contributed by atoms with Gasteiger partial charge in [0.25, 0.3) is 0 Å². The topological polar surface area (TPSA) is 85.3 Å². The Hall–Kier alpha value is -2.38. The van der Waals surface area contributed by atoms with Crippen molar-refractivity contribution in [3.05, 3.63) is 36.5 Å². The van der Waals surface area contributed by atoms with Crippen molar-refractivity contribution in [2.75, 3.05) is 15.8 Å². The SMILES string of the molecule is CC1(O)CCC(Nc2nccc(N3NNc4ccccc43)n2)CC1. The first kappa shape index (κ1) is 15.2. The van der Waals surface area contributed by atoms with Crippen molar-refractivity contribution >= 4 is 23.1 Å². The summed E-state index contributed by atoms with van der Waals surface area (Å²) in [6, 6.07) is 10.2. The van der Waals surface area contributed by atoms with Gasteiger partial charge in [-0.1, -0.05) is 12.1 Å². The standard InChI is InChI=1S/C17H22N6O/c1-17(24)9-6-12(7-10-17)19-16-18-11-8-15(20-16)23-14-5-3-2-4-13(14)21-22-23/h2-5,8,11-12,21-22,24H,6-7,9-10H2,1H3,(H,18,19,20). The molecule has 0 radical (unpaired) electrons. The predicted octanol–water partition coefficient (Wildman–Crippen LogP) is 2.57. The molecule has 0 amide bonds. The molecule has 7 heteroatoms. The molecule has 4 rings (SSSR count). The quantitative estimate of drug-likeness (QED) is 0.690. The maximum absolute atomic E-state index is 10.1. The molecule has 24 heavy (non-hydrogen) atoms. The van der Waals surface area contributed by atoms with E-state index in [1.54, 1.807) is 6.20 Å². The lowest BCUT2D eigenvalue weighted by molar-refractivity contribution is 0.0196. The Balaban J connectivity index is 1.49. The molecule has 0 unspecified atom stereocenters. The summed E-state index contributed by atoms with van der Waals surface area (Å²) < 4.78 is 0. The largest absolute Gasteiger partial charge is 0.390 e. The number of aliphatic hydroxyl groups is 1. The molecule has 4 N–H and O–H groups in total. The number of rotatable bonds is 3. The number of nitrogens with one attached hydrogen (secondary N) is 3. The zero-order chi connectivity index (χ0) is 16.6. The zero-order valence-electron chi connectivity index (χ0n) is 13.7. The molecule has 2 aliphatic rings. The number of hydrogen-bond acceptors (Lipinski definition) is 7. The molecule has 1 fully saturated rings. The van der Waals surface area contributed by atoms with E-state index in [9.17, 15) is 5.11 Å². The summed E-state index contributed by atoms with van der Waals surface area (Å²) in [4.78, 5) is 8.96. The van der Waals surface area contributed by atoms with Gasteiger partial charge in [0.2, 0.25) is 5.95 Å². The van der Waals surface area contributed by atoms with E-state index in [4.69, 9.17) is 0 Å². The molecule has 0 bridgehead atoms. The molecule has 2 heterocycles. The summed E-state index contributed by atoms with van der Waals surface area (Å²) in [6.45, 7) is 1.91. The molecule has 1 aromatic carbocycles. The van der Waals surface area contributed by atoms with Gasteiger partial charge in [-0.25, -0.2) is 9.99 Å². The average Bonchev–Trinajstić information content (AvgIpc) is 3.01. The molecule has 0 saturated heterocycles. The Labute approximate surface area is 141 Å². The molecule has 0 spiro atoms. The molecule has 2 aromatic rings. The Bertz CT molecular complexity index is 725. The summed E-state index contributed by atoms with van der Waals surface area (Å²) in [6.07, 6.45) is 5.21. The first-order valence-corrected chi connectivity index (χ1v) is 8.34. The van der Waals surface area contributed by atoms with Crippen LogP contribution in [0.4, 0.5) is 23.1 Å². The lowest BCUT2D eigenvalue weighted by atomic mass is 9.84. The van der Waals surface area contributed by atoms with Crippen LogP contribution >= 0.6 is 0 Å². The van der Waals surface area contributed by atoms with Crippen LogP contribution in [0, 0.1) is 0 Å². The van der Waals surface area contributed by atoms with E-state index in [1.807, 2.05) is 42.3 Å². The van der Waals surface area contributed by atoms with Gasteiger partial charge in [-0.2, -0.15) is 4.98 Å². The number of anilines is 4. The van der Waals surface area contributed by atoms with Crippen LogP contribution in [0.3, 0.4) is 0 Å². The second-order valence-corrected chi connectivity index (χ2v) is 6.74. The molecule has 1 aliphatic heterocycles. The highest BCUT2D eigenvalue weighted by atomic mass is 16.3. The number of hydrogen-bond donors (Lipinski definition) is 4. The van der Waals surface area contributed by atoms with Crippen molar-refractivity contribution in [2.24, 2.45) is 0 Å². The highest BCUT2D eigenvalue weighted by Crippen LogP contribution is 2.33. The first-order valence-electron chi connectivity index (χ1n) is 8.34. The van der Waals surface area contributed by atoms with Crippen LogP contribution < -0.4 is 21.3 Å².